The number of aromatic nitrogens is 1. The minimum atomic E-state index is -1.12. The molecule has 0 spiro atoms. The lowest BCUT2D eigenvalue weighted by molar-refractivity contribution is -0.127. The van der Waals surface area contributed by atoms with Gasteiger partial charge >= 0.3 is 12.0 Å². The number of nitrogens with one attached hydrogen (secondary N) is 2. The Balaban J connectivity index is 2.05. The summed E-state index contributed by atoms with van der Waals surface area (Å²) in [6.45, 7) is 4.93. The number of urea groups is 1. The smallest absolute Gasteiger partial charge is 0.341 e. The Hall–Kier alpha value is -2.96. The Morgan fingerprint density at radius 1 is 1.08 bits per heavy atom. The van der Waals surface area contributed by atoms with Crippen LogP contribution in [0.15, 0.2) is 36.5 Å². The maximum absolute atomic E-state index is 12.3. The number of carbonyl (C=O) groups is 3. The van der Waals surface area contributed by atoms with Crippen molar-refractivity contribution >= 4 is 28.8 Å². The van der Waals surface area contributed by atoms with Gasteiger partial charge in [-0.25, -0.2) is 9.59 Å². The van der Waals surface area contributed by atoms with E-state index in [0.29, 0.717) is 5.52 Å². The van der Waals surface area contributed by atoms with Gasteiger partial charge in [-0.15, -0.1) is 0 Å². The van der Waals surface area contributed by atoms with Crippen LogP contribution in [0.5, 0.6) is 0 Å². The normalized spacial score (nSPS) is 11.8. The number of hydrogen-bond acceptors (Lipinski definition) is 5. The van der Waals surface area contributed by atoms with E-state index in [-0.39, 0.29) is 11.6 Å². The van der Waals surface area contributed by atoms with Crippen molar-refractivity contribution in [2.45, 2.75) is 32.9 Å². The van der Waals surface area contributed by atoms with E-state index >= 15 is 0 Å². The summed E-state index contributed by atoms with van der Waals surface area (Å²) in [6, 6.07) is 7.95. The number of rotatable bonds is 4. The van der Waals surface area contributed by atoms with E-state index in [0.717, 1.165) is 5.39 Å². The van der Waals surface area contributed by atoms with Gasteiger partial charge in [-0.05, 0) is 32.9 Å². The highest BCUT2D eigenvalue weighted by molar-refractivity contribution is 6.04. The number of ether oxygens (including phenoxy) is 1. The van der Waals surface area contributed by atoms with E-state index in [1.54, 1.807) is 38.2 Å². The number of esters is 1. The van der Waals surface area contributed by atoms with Crippen molar-refractivity contribution in [3.63, 3.8) is 0 Å². The molecule has 1 heterocycles. The average molecular weight is 329 g/mol. The van der Waals surface area contributed by atoms with Gasteiger partial charge in [0.25, 0.3) is 5.91 Å². The molecule has 2 rings (SSSR count). The maximum atomic E-state index is 12.3. The predicted octanol–water partition coefficient (Wildman–Crippen LogP) is 2.01. The molecule has 2 N–H and O–H groups in total. The quantitative estimate of drug-likeness (QED) is 0.836. The molecule has 7 heteroatoms. The number of benzene rings is 1. The van der Waals surface area contributed by atoms with Gasteiger partial charge in [0.05, 0.1) is 11.1 Å². The van der Waals surface area contributed by atoms with Gasteiger partial charge in [-0.1, -0.05) is 18.2 Å². The lowest BCUT2D eigenvalue weighted by Gasteiger charge is -2.14. The number of fused-ring (bicyclic) bond motifs is 1. The fourth-order valence-electron chi connectivity index (χ4n) is 2.06. The molecule has 1 aromatic heterocycles. The minimum absolute atomic E-state index is 0.114. The van der Waals surface area contributed by atoms with Crippen LogP contribution < -0.4 is 10.6 Å². The third-order valence-corrected chi connectivity index (χ3v) is 3.16. The summed E-state index contributed by atoms with van der Waals surface area (Å²) >= 11 is 0. The lowest BCUT2D eigenvalue weighted by atomic mass is 10.1. The van der Waals surface area contributed by atoms with Gasteiger partial charge in [0, 0.05) is 17.6 Å². The van der Waals surface area contributed by atoms with E-state index in [1.807, 2.05) is 12.1 Å². The van der Waals surface area contributed by atoms with Crippen molar-refractivity contribution in [2.75, 3.05) is 0 Å². The Morgan fingerprint density at radius 2 is 1.79 bits per heavy atom. The Labute approximate surface area is 139 Å². The summed E-state index contributed by atoms with van der Waals surface area (Å²) in [4.78, 5) is 39.9. The SMILES string of the molecule is CC(C)NC(=O)NC(=O)[C@@H](C)OC(=O)c1cccc2cccnc12. The highest BCUT2D eigenvalue weighted by Crippen LogP contribution is 2.17. The molecule has 0 aliphatic carbocycles. The molecular weight excluding hydrogens is 310 g/mol. The molecule has 0 bridgehead atoms. The number of para-hydroxylation sites is 1. The fourth-order valence-corrected chi connectivity index (χ4v) is 2.06. The second-order valence-electron chi connectivity index (χ2n) is 5.55. The van der Waals surface area contributed by atoms with Crippen LogP contribution in [-0.4, -0.2) is 35.0 Å². The lowest BCUT2D eigenvalue weighted by Crippen LogP contribution is -2.46. The van der Waals surface area contributed by atoms with Crippen LogP contribution >= 0.6 is 0 Å². The highest BCUT2D eigenvalue weighted by atomic mass is 16.5. The zero-order valence-corrected chi connectivity index (χ0v) is 13.7. The summed E-state index contributed by atoms with van der Waals surface area (Å²) in [5.41, 5.74) is 0.759. The van der Waals surface area contributed by atoms with Crippen molar-refractivity contribution in [2.24, 2.45) is 0 Å². The van der Waals surface area contributed by atoms with Gasteiger partial charge in [-0.2, -0.15) is 0 Å². The third kappa shape index (κ3) is 4.28. The summed E-state index contributed by atoms with van der Waals surface area (Å²) in [5, 5.41) is 5.43. The summed E-state index contributed by atoms with van der Waals surface area (Å²) in [7, 11) is 0. The maximum Gasteiger partial charge on any atom is 0.341 e. The molecule has 126 valence electrons. The topological polar surface area (TPSA) is 97.4 Å². The van der Waals surface area contributed by atoms with Crippen molar-refractivity contribution < 1.29 is 19.1 Å². The molecule has 1 atom stereocenters. The number of nitrogens with zero attached hydrogens (tertiary/aromatic N) is 1. The molecule has 3 amide bonds. The molecule has 1 aromatic carbocycles. The van der Waals surface area contributed by atoms with E-state index in [1.165, 1.54) is 6.92 Å². The zero-order valence-electron chi connectivity index (χ0n) is 13.7. The van der Waals surface area contributed by atoms with Crippen molar-refractivity contribution in [3.05, 3.63) is 42.1 Å². The zero-order chi connectivity index (χ0) is 17.7. The molecule has 0 unspecified atom stereocenters. The monoisotopic (exact) mass is 329 g/mol. The Morgan fingerprint density at radius 3 is 2.50 bits per heavy atom. The number of carbonyl (C=O) groups excluding carboxylic acids is 3. The van der Waals surface area contributed by atoms with Gasteiger partial charge in [-0.3, -0.25) is 15.1 Å². The first-order valence-corrected chi connectivity index (χ1v) is 7.54. The van der Waals surface area contributed by atoms with Crippen LogP contribution in [0, 0.1) is 0 Å². The molecule has 0 fully saturated rings. The molecule has 0 radical (unpaired) electrons. The van der Waals surface area contributed by atoms with Crippen molar-refractivity contribution in [3.8, 4) is 0 Å². The van der Waals surface area contributed by atoms with Crippen LogP contribution in [0.4, 0.5) is 4.79 Å². The highest BCUT2D eigenvalue weighted by Gasteiger charge is 2.22. The van der Waals surface area contributed by atoms with Crippen molar-refractivity contribution in [1.29, 1.82) is 0 Å². The van der Waals surface area contributed by atoms with Crippen LogP contribution in [0.3, 0.4) is 0 Å². The third-order valence-electron chi connectivity index (χ3n) is 3.16. The summed E-state index contributed by atoms with van der Waals surface area (Å²) < 4.78 is 5.14. The summed E-state index contributed by atoms with van der Waals surface area (Å²) in [6.07, 6.45) is 0.459. The van der Waals surface area contributed by atoms with Gasteiger partial charge in [0.2, 0.25) is 0 Å². The first kappa shape index (κ1) is 17.4. The average Bonchev–Trinajstić information content (AvgIpc) is 2.53. The molecule has 2 aromatic rings. The Kier molecular flexibility index (Phi) is 5.47. The fraction of sp³-hybridized carbons (Fsp3) is 0.294. The molecule has 0 aliphatic heterocycles. The molecular formula is C17H19N3O4. The minimum Gasteiger partial charge on any atom is -0.449 e. The van der Waals surface area contributed by atoms with Gasteiger partial charge < -0.3 is 10.1 Å². The van der Waals surface area contributed by atoms with Gasteiger partial charge in [0.15, 0.2) is 6.10 Å². The molecule has 0 saturated heterocycles. The van der Waals surface area contributed by atoms with E-state index < -0.39 is 24.0 Å². The molecule has 0 saturated carbocycles. The first-order valence-electron chi connectivity index (χ1n) is 7.54. The van der Waals surface area contributed by atoms with Crippen LogP contribution in [0.25, 0.3) is 10.9 Å². The molecule has 24 heavy (non-hydrogen) atoms. The second-order valence-corrected chi connectivity index (χ2v) is 5.55. The van der Waals surface area contributed by atoms with Crippen LogP contribution in [-0.2, 0) is 9.53 Å². The molecule has 7 nitrogen and oxygen atoms in total. The van der Waals surface area contributed by atoms with E-state index in [2.05, 4.69) is 15.6 Å². The molecule has 0 aliphatic rings. The van der Waals surface area contributed by atoms with Crippen LogP contribution in [0.1, 0.15) is 31.1 Å². The van der Waals surface area contributed by atoms with Crippen molar-refractivity contribution in [1.82, 2.24) is 15.6 Å². The number of amides is 3. The van der Waals surface area contributed by atoms with E-state index in [9.17, 15) is 14.4 Å². The standard InChI is InChI=1S/C17H19N3O4/c1-10(2)19-17(23)20-15(21)11(3)24-16(22)13-8-4-6-12-7-5-9-18-14(12)13/h4-11H,1-3H3,(H2,19,20,21,23)/t11-/m1/s1. The first-order chi connectivity index (χ1) is 11.4. The Bertz CT molecular complexity index is 768. The predicted molar refractivity (Wildman–Crippen MR) is 88.4 cm³/mol. The largest absolute Gasteiger partial charge is 0.449 e. The van der Waals surface area contributed by atoms with Crippen LogP contribution in [0.2, 0.25) is 0 Å². The van der Waals surface area contributed by atoms with Gasteiger partial charge in [0.1, 0.15) is 0 Å². The second kappa shape index (κ2) is 7.54. The number of pyridine rings is 1. The number of imide groups is 1. The van der Waals surface area contributed by atoms with E-state index in [4.69, 9.17) is 4.74 Å². The number of hydrogen-bond donors (Lipinski definition) is 2. The summed E-state index contributed by atoms with van der Waals surface area (Å²) in [5.74, 6) is -1.37.